The minimum absolute atomic E-state index is 0. The SMILES string of the molecule is I.NC(=NCc1ccc(Cl)cn1)NC1CCCC1. The van der Waals surface area contributed by atoms with E-state index in [1.54, 1.807) is 12.3 Å². The van der Waals surface area contributed by atoms with Crippen LogP contribution in [0.3, 0.4) is 0 Å². The molecule has 4 nitrogen and oxygen atoms in total. The summed E-state index contributed by atoms with van der Waals surface area (Å²) in [7, 11) is 0. The van der Waals surface area contributed by atoms with Crippen LogP contribution in [0.2, 0.25) is 5.02 Å². The van der Waals surface area contributed by atoms with Crippen LogP contribution in [-0.4, -0.2) is 17.0 Å². The first-order valence-electron chi connectivity index (χ1n) is 5.91. The highest BCUT2D eigenvalue weighted by Crippen LogP contribution is 2.17. The molecule has 100 valence electrons. The Morgan fingerprint density at radius 1 is 1.44 bits per heavy atom. The summed E-state index contributed by atoms with van der Waals surface area (Å²) >= 11 is 5.75. The highest BCUT2D eigenvalue weighted by Gasteiger charge is 2.14. The Balaban J connectivity index is 0.00000162. The second-order valence-electron chi connectivity index (χ2n) is 4.29. The largest absolute Gasteiger partial charge is 0.370 e. The van der Waals surface area contributed by atoms with Gasteiger partial charge in [0, 0.05) is 12.2 Å². The van der Waals surface area contributed by atoms with Crippen LogP contribution in [0.5, 0.6) is 0 Å². The van der Waals surface area contributed by atoms with Crippen LogP contribution in [0, 0.1) is 0 Å². The number of nitrogens with two attached hydrogens (primary N) is 1. The van der Waals surface area contributed by atoms with E-state index in [9.17, 15) is 0 Å². The number of aliphatic imine (C=N–C) groups is 1. The summed E-state index contributed by atoms with van der Waals surface area (Å²) in [6.45, 7) is 0.489. The summed E-state index contributed by atoms with van der Waals surface area (Å²) in [5, 5.41) is 3.87. The summed E-state index contributed by atoms with van der Waals surface area (Å²) in [4.78, 5) is 8.42. The first-order valence-corrected chi connectivity index (χ1v) is 6.29. The van der Waals surface area contributed by atoms with Gasteiger partial charge in [0.2, 0.25) is 0 Å². The van der Waals surface area contributed by atoms with Crippen LogP contribution in [0.25, 0.3) is 0 Å². The van der Waals surface area contributed by atoms with Gasteiger partial charge in [-0.25, -0.2) is 4.99 Å². The predicted molar refractivity (Wildman–Crippen MR) is 85.4 cm³/mol. The van der Waals surface area contributed by atoms with Gasteiger partial charge in [0.25, 0.3) is 0 Å². The van der Waals surface area contributed by atoms with Gasteiger partial charge < -0.3 is 11.1 Å². The van der Waals surface area contributed by atoms with Gasteiger partial charge in [0.05, 0.1) is 17.3 Å². The summed E-state index contributed by atoms with van der Waals surface area (Å²) in [5.41, 5.74) is 6.68. The normalized spacial score (nSPS) is 16.4. The fourth-order valence-corrected chi connectivity index (χ4v) is 2.10. The molecule has 1 aliphatic rings. The van der Waals surface area contributed by atoms with Gasteiger partial charge in [-0.15, -0.1) is 24.0 Å². The first kappa shape index (κ1) is 15.5. The Kier molecular flexibility index (Phi) is 6.70. The molecule has 18 heavy (non-hydrogen) atoms. The highest BCUT2D eigenvalue weighted by molar-refractivity contribution is 14.0. The zero-order valence-electron chi connectivity index (χ0n) is 10.1. The number of pyridine rings is 1. The van der Waals surface area contributed by atoms with E-state index in [0.29, 0.717) is 23.6 Å². The molecule has 1 aromatic heterocycles. The molecule has 3 N–H and O–H groups in total. The standard InChI is InChI=1S/C12H17ClN4.HI/c13-9-5-6-11(15-7-9)8-16-12(14)17-10-3-1-2-4-10;/h5-7,10H,1-4,8H2,(H3,14,16,17);1H. The number of hydrogen-bond acceptors (Lipinski definition) is 2. The lowest BCUT2D eigenvalue weighted by Crippen LogP contribution is -2.38. The lowest BCUT2D eigenvalue weighted by atomic mass is 10.2. The van der Waals surface area contributed by atoms with E-state index in [2.05, 4.69) is 15.3 Å². The molecule has 0 bridgehead atoms. The zero-order chi connectivity index (χ0) is 12.1. The van der Waals surface area contributed by atoms with Crippen molar-refractivity contribution in [1.82, 2.24) is 10.3 Å². The second-order valence-corrected chi connectivity index (χ2v) is 4.73. The van der Waals surface area contributed by atoms with Crippen LogP contribution in [0.1, 0.15) is 31.4 Å². The van der Waals surface area contributed by atoms with Crippen molar-refractivity contribution in [3.8, 4) is 0 Å². The van der Waals surface area contributed by atoms with Crippen molar-refractivity contribution in [2.24, 2.45) is 10.7 Å². The number of rotatable bonds is 3. The van der Waals surface area contributed by atoms with Crippen molar-refractivity contribution >= 4 is 41.5 Å². The molecule has 1 fully saturated rings. The van der Waals surface area contributed by atoms with E-state index >= 15 is 0 Å². The molecule has 0 spiro atoms. The third-order valence-electron chi connectivity index (χ3n) is 2.91. The molecule has 0 radical (unpaired) electrons. The Labute approximate surface area is 129 Å². The maximum absolute atomic E-state index is 5.82. The number of hydrogen-bond donors (Lipinski definition) is 2. The molecular weight excluding hydrogens is 363 g/mol. The topological polar surface area (TPSA) is 63.3 Å². The van der Waals surface area contributed by atoms with E-state index in [1.165, 1.54) is 25.7 Å². The quantitative estimate of drug-likeness (QED) is 0.481. The summed E-state index contributed by atoms with van der Waals surface area (Å²) in [6.07, 6.45) is 6.56. The second kappa shape index (κ2) is 7.78. The van der Waals surface area contributed by atoms with E-state index < -0.39 is 0 Å². The average molecular weight is 381 g/mol. The maximum Gasteiger partial charge on any atom is 0.189 e. The van der Waals surface area contributed by atoms with Crippen LogP contribution in [0.15, 0.2) is 23.3 Å². The zero-order valence-corrected chi connectivity index (χ0v) is 13.2. The van der Waals surface area contributed by atoms with Crippen LogP contribution in [0.4, 0.5) is 0 Å². The van der Waals surface area contributed by atoms with Crippen LogP contribution >= 0.6 is 35.6 Å². The van der Waals surface area contributed by atoms with Crippen LogP contribution < -0.4 is 11.1 Å². The minimum atomic E-state index is 0. The molecule has 0 saturated heterocycles. The summed E-state index contributed by atoms with van der Waals surface area (Å²) < 4.78 is 0. The first-order chi connectivity index (χ1) is 8.24. The molecule has 0 atom stereocenters. The van der Waals surface area contributed by atoms with Gasteiger partial charge in [0.15, 0.2) is 5.96 Å². The van der Waals surface area contributed by atoms with Crippen molar-refractivity contribution in [1.29, 1.82) is 0 Å². The molecule has 0 aliphatic heterocycles. The van der Waals surface area contributed by atoms with E-state index in [4.69, 9.17) is 17.3 Å². The molecule has 0 unspecified atom stereocenters. The van der Waals surface area contributed by atoms with E-state index in [1.807, 2.05) is 6.07 Å². The maximum atomic E-state index is 5.82. The van der Waals surface area contributed by atoms with Crippen molar-refractivity contribution in [2.75, 3.05) is 0 Å². The third kappa shape index (κ3) is 4.97. The smallest absolute Gasteiger partial charge is 0.189 e. The number of halogens is 2. The van der Waals surface area contributed by atoms with Gasteiger partial charge in [0.1, 0.15) is 0 Å². The number of nitrogens with zero attached hydrogens (tertiary/aromatic N) is 2. The predicted octanol–water partition coefficient (Wildman–Crippen LogP) is 2.70. The Morgan fingerprint density at radius 2 is 2.17 bits per heavy atom. The summed E-state index contributed by atoms with van der Waals surface area (Å²) in [6, 6.07) is 4.16. The molecule has 6 heteroatoms. The fourth-order valence-electron chi connectivity index (χ4n) is 1.99. The Bertz CT molecular complexity index is 388. The fraction of sp³-hybridized carbons (Fsp3) is 0.500. The minimum Gasteiger partial charge on any atom is -0.370 e. The molecule has 2 rings (SSSR count). The summed E-state index contributed by atoms with van der Waals surface area (Å²) in [5.74, 6) is 0.508. The van der Waals surface area contributed by atoms with Crippen LogP contribution in [-0.2, 0) is 6.54 Å². The Morgan fingerprint density at radius 3 is 2.78 bits per heavy atom. The van der Waals surface area contributed by atoms with Crippen molar-refractivity contribution in [3.63, 3.8) is 0 Å². The lowest BCUT2D eigenvalue weighted by molar-refractivity contribution is 0.625. The van der Waals surface area contributed by atoms with Crippen molar-refractivity contribution in [2.45, 2.75) is 38.3 Å². The van der Waals surface area contributed by atoms with Crippen molar-refractivity contribution < 1.29 is 0 Å². The van der Waals surface area contributed by atoms with Gasteiger partial charge in [-0.05, 0) is 25.0 Å². The third-order valence-corrected chi connectivity index (χ3v) is 3.13. The Hall–Kier alpha value is -0.560. The lowest BCUT2D eigenvalue weighted by Gasteiger charge is -2.11. The van der Waals surface area contributed by atoms with Gasteiger partial charge >= 0.3 is 0 Å². The van der Waals surface area contributed by atoms with E-state index in [0.717, 1.165) is 5.69 Å². The number of aromatic nitrogens is 1. The molecule has 0 amide bonds. The van der Waals surface area contributed by atoms with Gasteiger partial charge in [-0.1, -0.05) is 24.4 Å². The molecule has 1 aliphatic carbocycles. The van der Waals surface area contributed by atoms with Crippen molar-refractivity contribution in [3.05, 3.63) is 29.0 Å². The molecular formula is C12H18ClIN4. The molecule has 1 heterocycles. The molecule has 1 saturated carbocycles. The molecule has 0 aromatic carbocycles. The van der Waals surface area contributed by atoms with Gasteiger partial charge in [-0.3, -0.25) is 4.98 Å². The number of guanidine groups is 1. The monoisotopic (exact) mass is 380 g/mol. The molecule has 1 aromatic rings. The van der Waals surface area contributed by atoms with Gasteiger partial charge in [-0.2, -0.15) is 0 Å². The highest BCUT2D eigenvalue weighted by atomic mass is 127. The number of nitrogens with one attached hydrogen (secondary N) is 1. The average Bonchev–Trinajstić information content (AvgIpc) is 2.81. The van der Waals surface area contributed by atoms with E-state index in [-0.39, 0.29) is 24.0 Å².